The van der Waals surface area contributed by atoms with Gasteiger partial charge in [0.25, 0.3) is 0 Å². The van der Waals surface area contributed by atoms with E-state index in [0.29, 0.717) is 11.2 Å². The lowest BCUT2D eigenvalue weighted by Gasteiger charge is -2.13. The lowest BCUT2D eigenvalue weighted by Crippen LogP contribution is -2.30. The summed E-state index contributed by atoms with van der Waals surface area (Å²) in [7, 11) is 1.85. The number of nitrogens with zero attached hydrogens (tertiary/aromatic N) is 4. The van der Waals surface area contributed by atoms with Crippen molar-refractivity contribution < 1.29 is 0 Å². The lowest BCUT2D eigenvalue weighted by atomic mass is 10.2. The molecular formula is C12H18ClN5. The molecule has 5 nitrogen and oxygen atoms in total. The van der Waals surface area contributed by atoms with Crippen molar-refractivity contribution in [3.05, 3.63) is 34.9 Å². The number of rotatable bonds is 5. The quantitative estimate of drug-likeness (QED) is 0.898. The average Bonchev–Trinajstić information content (AvgIpc) is 2.88. The van der Waals surface area contributed by atoms with Crippen molar-refractivity contribution in [1.82, 2.24) is 24.9 Å². The van der Waals surface area contributed by atoms with Crippen LogP contribution in [0.1, 0.15) is 18.2 Å². The van der Waals surface area contributed by atoms with Gasteiger partial charge in [-0.15, -0.1) is 0 Å². The summed E-state index contributed by atoms with van der Waals surface area (Å²) in [5.41, 5.74) is 2.03. The third-order valence-corrected chi connectivity index (χ3v) is 3.39. The largest absolute Gasteiger partial charge is 0.308 e. The van der Waals surface area contributed by atoms with Crippen LogP contribution in [0.2, 0.25) is 5.15 Å². The molecule has 98 valence electrons. The number of aryl methyl sites for hydroxylation is 2. The summed E-state index contributed by atoms with van der Waals surface area (Å²) in [4.78, 5) is 0. The van der Waals surface area contributed by atoms with Crippen molar-refractivity contribution in [2.75, 3.05) is 0 Å². The average molecular weight is 268 g/mol. The van der Waals surface area contributed by atoms with Crippen molar-refractivity contribution >= 4 is 11.6 Å². The Morgan fingerprint density at radius 2 is 2.28 bits per heavy atom. The van der Waals surface area contributed by atoms with E-state index in [-0.39, 0.29) is 0 Å². The molecule has 0 saturated heterocycles. The molecule has 0 bridgehead atoms. The molecule has 0 fully saturated rings. The molecule has 2 heterocycles. The molecule has 2 rings (SSSR count). The lowest BCUT2D eigenvalue weighted by molar-refractivity contribution is 0.450. The molecule has 6 heteroatoms. The molecule has 0 aliphatic carbocycles. The highest BCUT2D eigenvalue weighted by molar-refractivity contribution is 6.30. The highest BCUT2D eigenvalue weighted by Crippen LogP contribution is 2.18. The van der Waals surface area contributed by atoms with Gasteiger partial charge in [0.1, 0.15) is 5.15 Å². The van der Waals surface area contributed by atoms with Gasteiger partial charge in [0.2, 0.25) is 0 Å². The topological polar surface area (TPSA) is 47.7 Å². The van der Waals surface area contributed by atoms with Gasteiger partial charge < -0.3 is 5.32 Å². The maximum absolute atomic E-state index is 6.18. The van der Waals surface area contributed by atoms with Gasteiger partial charge in [-0.2, -0.15) is 10.2 Å². The first kappa shape index (κ1) is 13.1. The maximum atomic E-state index is 6.18. The molecule has 0 aliphatic rings. The molecule has 0 aromatic carbocycles. The molecule has 1 atom stereocenters. The van der Waals surface area contributed by atoms with Crippen LogP contribution in [0.25, 0.3) is 0 Å². The summed E-state index contributed by atoms with van der Waals surface area (Å²) in [5, 5.41) is 12.6. The molecule has 0 radical (unpaired) electrons. The number of hydrogen-bond acceptors (Lipinski definition) is 3. The summed E-state index contributed by atoms with van der Waals surface area (Å²) in [6, 6.07) is 2.25. The number of halogens is 1. The van der Waals surface area contributed by atoms with Crippen LogP contribution in [-0.2, 0) is 20.1 Å². The molecule has 0 amide bonds. The molecular weight excluding hydrogens is 250 g/mol. The number of aromatic nitrogens is 4. The highest BCUT2D eigenvalue weighted by atomic mass is 35.5. The summed E-state index contributed by atoms with van der Waals surface area (Å²) in [6.45, 7) is 5.66. The van der Waals surface area contributed by atoms with Crippen LogP contribution in [0, 0.1) is 6.92 Å². The Bertz CT molecular complexity index is 503. The number of hydrogen-bond donors (Lipinski definition) is 1. The highest BCUT2D eigenvalue weighted by Gasteiger charge is 2.12. The van der Waals surface area contributed by atoms with E-state index in [1.807, 2.05) is 30.9 Å². The Hall–Kier alpha value is -1.33. The van der Waals surface area contributed by atoms with Gasteiger partial charge in [-0.1, -0.05) is 11.6 Å². The second kappa shape index (κ2) is 5.54. The van der Waals surface area contributed by atoms with Crippen LogP contribution in [0.15, 0.2) is 18.5 Å². The van der Waals surface area contributed by atoms with Gasteiger partial charge >= 0.3 is 0 Å². The van der Waals surface area contributed by atoms with Gasteiger partial charge in [-0.05, 0) is 19.9 Å². The van der Waals surface area contributed by atoms with Crippen LogP contribution < -0.4 is 5.32 Å². The third kappa shape index (κ3) is 2.91. The Balaban J connectivity index is 1.91. The van der Waals surface area contributed by atoms with Crippen LogP contribution in [0.4, 0.5) is 0 Å². The van der Waals surface area contributed by atoms with Crippen LogP contribution >= 0.6 is 11.6 Å². The normalized spacial score (nSPS) is 12.9. The van der Waals surface area contributed by atoms with Gasteiger partial charge in [0.05, 0.1) is 12.2 Å². The smallest absolute Gasteiger partial charge is 0.131 e. The minimum Gasteiger partial charge on any atom is -0.308 e. The van der Waals surface area contributed by atoms with Gasteiger partial charge in [0.15, 0.2) is 0 Å². The maximum Gasteiger partial charge on any atom is 0.131 e. The summed E-state index contributed by atoms with van der Waals surface area (Å²) in [6.07, 6.45) is 3.75. The first-order valence-electron chi connectivity index (χ1n) is 5.96. The van der Waals surface area contributed by atoms with E-state index < -0.39 is 0 Å². The monoisotopic (exact) mass is 267 g/mol. The zero-order valence-corrected chi connectivity index (χ0v) is 11.6. The zero-order chi connectivity index (χ0) is 13.1. The Labute approximate surface area is 112 Å². The van der Waals surface area contributed by atoms with Crippen LogP contribution in [-0.4, -0.2) is 25.6 Å². The number of nitrogens with one attached hydrogen (secondary N) is 1. The van der Waals surface area contributed by atoms with E-state index in [4.69, 9.17) is 11.6 Å². The molecule has 1 N–H and O–H groups in total. The standard InChI is InChI=1S/C12H18ClN5/c1-9(8-18-6-4-5-15-18)14-7-11-10(2)16-17(3)12(11)13/h4-6,9,14H,7-8H2,1-3H3/t9-/m1/s1. The predicted molar refractivity (Wildman–Crippen MR) is 71.5 cm³/mol. The first-order chi connectivity index (χ1) is 8.58. The first-order valence-corrected chi connectivity index (χ1v) is 6.34. The van der Waals surface area contributed by atoms with Crippen molar-refractivity contribution in [3.8, 4) is 0 Å². The van der Waals surface area contributed by atoms with E-state index >= 15 is 0 Å². The molecule has 0 aliphatic heterocycles. The van der Waals surface area contributed by atoms with Gasteiger partial charge in [-0.25, -0.2) is 0 Å². The molecule has 2 aromatic rings. The summed E-state index contributed by atoms with van der Waals surface area (Å²) in [5.74, 6) is 0. The van der Waals surface area contributed by atoms with E-state index in [2.05, 4.69) is 22.4 Å². The van der Waals surface area contributed by atoms with Crippen molar-refractivity contribution in [3.63, 3.8) is 0 Å². The fraction of sp³-hybridized carbons (Fsp3) is 0.500. The van der Waals surface area contributed by atoms with E-state index in [0.717, 1.165) is 24.3 Å². The fourth-order valence-corrected chi connectivity index (χ4v) is 2.15. The van der Waals surface area contributed by atoms with Crippen molar-refractivity contribution in [2.24, 2.45) is 7.05 Å². The molecule has 0 spiro atoms. The van der Waals surface area contributed by atoms with E-state index in [9.17, 15) is 0 Å². The van der Waals surface area contributed by atoms with Crippen LogP contribution in [0.5, 0.6) is 0 Å². The Morgan fingerprint density at radius 3 is 2.83 bits per heavy atom. The Morgan fingerprint density at radius 1 is 1.50 bits per heavy atom. The minimum atomic E-state index is 0.320. The third-order valence-electron chi connectivity index (χ3n) is 2.92. The van der Waals surface area contributed by atoms with Gasteiger partial charge in [-0.3, -0.25) is 9.36 Å². The second-order valence-electron chi connectivity index (χ2n) is 4.49. The van der Waals surface area contributed by atoms with Gasteiger partial charge in [0, 0.05) is 37.6 Å². The van der Waals surface area contributed by atoms with Crippen molar-refractivity contribution in [1.29, 1.82) is 0 Å². The summed E-state index contributed by atoms with van der Waals surface area (Å²) >= 11 is 6.18. The van der Waals surface area contributed by atoms with E-state index in [1.54, 1.807) is 10.9 Å². The Kier molecular flexibility index (Phi) is 4.04. The molecule has 18 heavy (non-hydrogen) atoms. The molecule has 0 saturated carbocycles. The SMILES string of the molecule is Cc1nn(C)c(Cl)c1CN[C@H](C)Cn1cccn1. The molecule has 0 unspecified atom stereocenters. The fourth-order valence-electron chi connectivity index (χ4n) is 1.90. The van der Waals surface area contributed by atoms with Crippen molar-refractivity contribution in [2.45, 2.75) is 33.0 Å². The summed E-state index contributed by atoms with van der Waals surface area (Å²) < 4.78 is 3.61. The predicted octanol–water partition coefficient (Wildman–Crippen LogP) is 1.76. The minimum absolute atomic E-state index is 0.320. The van der Waals surface area contributed by atoms with Crippen LogP contribution in [0.3, 0.4) is 0 Å². The molecule has 2 aromatic heterocycles. The second-order valence-corrected chi connectivity index (χ2v) is 4.85. The van der Waals surface area contributed by atoms with E-state index in [1.165, 1.54) is 0 Å². The zero-order valence-electron chi connectivity index (χ0n) is 10.9.